The maximum atomic E-state index is 11.7. The summed E-state index contributed by atoms with van der Waals surface area (Å²) in [4.78, 5) is 15.9. The molecule has 4 nitrogen and oxygen atoms in total. The van der Waals surface area contributed by atoms with E-state index in [0.717, 1.165) is 18.5 Å². The molecule has 0 aliphatic heterocycles. The standard InChI is InChI=1S/C12H17ClN2O2/c1-3-4-10-5-9(6-11(13)15-10)12(17)14-7-8(2)16/h5-6,8,16H,3-4,7H2,1-2H3,(H,14,17)/t8-/m0/s1. The molecule has 0 bridgehead atoms. The monoisotopic (exact) mass is 256 g/mol. The highest BCUT2D eigenvalue weighted by atomic mass is 35.5. The Morgan fingerprint density at radius 3 is 2.88 bits per heavy atom. The van der Waals surface area contributed by atoms with Gasteiger partial charge in [0.1, 0.15) is 5.15 Å². The molecule has 94 valence electrons. The van der Waals surface area contributed by atoms with Crippen LogP contribution in [-0.2, 0) is 6.42 Å². The lowest BCUT2D eigenvalue weighted by molar-refractivity contribution is 0.0924. The molecule has 5 heteroatoms. The summed E-state index contributed by atoms with van der Waals surface area (Å²) in [5.74, 6) is -0.243. The maximum absolute atomic E-state index is 11.7. The minimum absolute atomic E-state index is 0.224. The zero-order valence-corrected chi connectivity index (χ0v) is 10.8. The molecule has 0 saturated carbocycles. The molecule has 0 aliphatic rings. The SMILES string of the molecule is CCCc1cc(C(=O)NC[C@H](C)O)cc(Cl)n1. The number of aromatic nitrogens is 1. The number of aliphatic hydroxyl groups is 1. The van der Waals surface area contributed by atoms with Crippen LogP contribution in [0.25, 0.3) is 0 Å². The zero-order valence-electron chi connectivity index (χ0n) is 10.0. The Labute approximate surface area is 106 Å². The second-order valence-electron chi connectivity index (χ2n) is 3.98. The van der Waals surface area contributed by atoms with Crippen molar-refractivity contribution in [2.24, 2.45) is 0 Å². The van der Waals surface area contributed by atoms with Crippen molar-refractivity contribution < 1.29 is 9.90 Å². The Kier molecular flexibility index (Phi) is 5.38. The third-order valence-electron chi connectivity index (χ3n) is 2.17. The molecular weight excluding hydrogens is 240 g/mol. The van der Waals surface area contributed by atoms with E-state index < -0.39 is 6.10 Å². The van der Waals surface area contributed by atoms with Gasteiger partial charge >= 0.3 is 0 Å². The van der Waals surface area contributed by atoms with Crippen molar-refractivity contribution in [2.75, 3.05) is 6.54 Å². The van der Waals surface area contributed by atoms with Crippen molar-refractivity contribution in [3.8, 4) is 0 Å². The molecule has 0 saturated heterocycles. The number of pyridine rings is 1. The normalized spacial score (nSPS) is 12.2. The van der Waals surface area contributed by atoms with Crippen molar-refractivity contribution in [3.63, 3.8) is 0 Å². The van der Waals surface area contributed by atoms with Gasteiger partial charge in [0.25, 0.3) is 5.91 Å². The van der Waals surface area contributed by atoms with Gasteiger partial charge in [-0.2, -0.15) is 0 Å². The third-order valence-corrected chi connectivity index (χ3v) is 2.37. The van der Waals surface area contributed by atoms with Crippen molar-refractivity contribution in [1.82, 2.24) is 10.3 Å². The largest absolute Gasteiger partial charge is 0.392 e. The zero-order chi connectivity index (χ0) is 12.8. The molecule has 1 atom stereocenters. The number of hydrogen-bond acceptors (Lipinski definition) is 3. The third kappa shape index (κ3) is 4.71. The number of amides is 1. The maximum Gasteiger partial charge on any atom is 0.251 e. The van der Waals surface area contributed by atoms with E-state index in [2.05, 4.69) is 10.3 Å². The van der Waals surface area contributed by atoms with Crippen molar-refractivity contribution >= 4 is 17.5 Å². The molecule has 0 spiro atoms. The Balaban J connectivity index is 2.78. The van der Waals surface area contributed by atoms with E-state index in [1.54, 1.807) is 13.0 Å². The highest BCUT2D eigenvalue weighted by molar-refractivity contribution is 6.29. The number of carbonyl (C=O) groups excluding carboxylic acids is 1. The summed E-state index contributed by atoms with van der Waals surface area (Å²) in [6.07, 6.45) is 1.17. The van der Waals surface area contributed by atoms with Crippen LogP contribution in [0.2, 0.25) is 5.15 Å². The van der Waals surface area contributed by atoms with Crippen LogP contribution in [0.1, 0.15) is 36.3 Å². The van der Waals surface area contributed by atoms with E-state index in [0.29, 0.717) is 10.7 Å². The second kappa shape index (κ2) is 6.57. The van der Waals surface area contributed by atoms with Crippen LogP contribution in [0.15, 0.2) is 12.1 Å². The first-order valence-electron chi connectivity index (χ1n) is 5.65. The van der Waals surface area contributed by atoms with Crippen LogP contribution in [0.3, 0.4) is 0 Å². The quantitative estimate of drug-likeness (QED) is 0.790. The van der Waals surface area contributed by atoms with Crippen LogP contribution in [0, 0.1) is 0 Å². The first kappa shape index (κ1) is 13.9. The number of nitrogens with one attached hydrogen (secondary N) is 1. The molecule has 0 fully saturated rings. The first-order valence-corrected chi connectivity index (χ1v) is 6.03. The highest BCUT2D eigenvalue weighted by Crippen LogP contribution is 2.12. The molecule has 1 aromatic heterocycles. The molecule has 0 aromatic carbocycles. The number of nitrogens with zero attached hydrogens (tertiary/aromatic N) is 1. The fourth-order valence-electron chi connectivity index (χ4n) is 1.41. The van der Waals surface area contributed by atoms with Gasteiger partial charge in [0, 0.05) is 17.8 Å². The average Bonchev–Trinajstić information content (AvgIpc) is 2.25. The van der Waals surface area contributed by atoms with Crippen LogP contribution in [-0.4, -0.2) is 28.6 Å². The molecule has 0 radical (unpaired) electrons. The van der Waals surface area contributed by atoms with E-state index in [-0.39, 0.29) is 12.5 Å². The van der Waals surface area contributed by atoms with Crippen molar-refractivity contribution in [3.05, 3.63) is 28.5 Å². The number of halogens is 1. The minimum atomic E-state index is -0.564. The van der Waals surface area contributed by atoms with Crippen LogP contribution in [0.5, 0.6) is 0 Å². The molecule has 1 amide bonds. The van der Waals surface area contributed by atoms with E-state index >= 15 is 0 Å². The Morgan fingerprint density at radius 2 is 2.29 bits per heavy atom. The molecule has 2 N–H and O–H groups in total. The van der Waals surface area contributed by atoms with Crippen molar-refractivity contribution in [2.45, 2.75) is 32.8 Å². The average molecular weight is 257 g/mol. The lowest BCUT2D eigenvalue weighted by Gasteiger charge is -2.08. The number of rotatable bonds is 5. The van der Waals surface area contributed by atoms with Crippen molar-refractivity contribution in [1.29, 1.82) is 0 Å². The van der Waals surface area contributed by atoms with E-state index in [1.807, 2.05) is 6.92 Å². The molecule has 17 heavy (non-hydrogen) atoms. The van der Waals surface area contributed by atoms with Gasteiger partial charge in [-0.25, -0.2) is 4.98 Å². The molecule has 0 aliphatic carbocycles. The molecular formula is C12H17ClN2O2. The Morgan fingerprint density at radius 1 is 1.59 bits per heavy atom. The topological polar surface area (TPSA) is 62.2 Å². The molecule has 0 unspecified atom stereocenters. The van der Waals surface area contributed by atoms with Gasteiger partial charge in [-0.05, 0) is 25.5 Å². The van der Waals surface area contributed by atoms with Gasteiger partial charge in [-0.1, -0.05) is 24.9 Å². The second-order valence-corrected chi connectivity index (χ2v) is 4.37. The summed E-state index contributed by atoms with van der Waals surface area (Å²) in [5.41, 5.74) is 1.29. The number of hydrogen-bond donors (Lipinski definition) is 2. The Bertz CT molecular complexity index is 394. The fourth-order valence-corrected chi connectivity index (χ4v) is 1.64. The van der Waals surface area contributed by atoms with Gasteiger partial charge in [0.15, 0.2) is 0 Å². The highest BCUT2D eigenvalue weighted by Gasteiger charge is 2.09. The van der Waals surface area contributed by atoms with E-state index in [1.165, 1.54) is 6.07 Å². The van der Waals surface area contributed by atoms with Gasteiger partial charge in [0.2, 0.25) is 0 Å². The lowest BCUT2D eigenvalue weighted by Crippen LogP contribution is -2.30. The van der Waals surface area contributed by atoms with Gasteiger partial charge in [0.05, 0.1) is 6.10 Å². The summed E-state index contributed by atoms with van der Waals surface area (Å²) in [5, 5.41) is 12.0. The van der Waals surface area contributed by atoms with Crippen LogP contribution >= 0.6 is 11.6 Å². The first-order chi connectivity index (χ1) is 8.02. The predicted molar refractivity (Wildman–Crippen MR) is 67.3 cm³/mol. The number of aliphatic hydroxyl groups excluding tert-OH is 1. The summed E-state index contributed by atoms with van der Waals surface area (Å²) in [6.45, 7) is 3.87. The number of aryl methyl sites for hydroxylation is 1. The van der Waals surface area contributed by atoms with E-state index in [4.69, 9.17) is 16.7 Å². The van der Waals surface area contributed by atoms with Gasteiger partial charge < -0.3 is 10.4 Å². The van der Waals surface area contributed by atoms with Crippen LogP contribution < -0.4 is 5.32 Å². The minimum Gasteiger partial charge on any atom is -0.392 e. The van der Waals surface area contributed by atoms with Gasteiger partial charge in [-0.15, -0.1) is 0 Å². The summed E-state index contributed by atoms with van der Waals surface area (Å²) < 4.78 is 0. The summed E-state index contributed by atoms with van der Waals surface area (Å²) in [7, 11) is 0. The molecule has 1 aromatic rings. The lowest BCUT2D eigenvalue weighted by atomic mass is 10.1. The molecule has 1 rings (SSSR count). The smallest absolute Gasteiger partial charge is 0.251 e. The Hall–Kier alpha value is -1.13. The summed E-state index contributed by atoms with van der Waals surface area (Å²) in [6, 6.07) is 3.25. The predicted octanol–water partition coefficient (Wildman–Crippen LogP) is 1.80. The fraction of sp³-hybridized carbons (Fsp3) is 0.500. The number of carbonyl (C=O) groups is 1. The van der Waals surface area contributed by atoms with Gasteiger partial charge in [-0.3, -0.25) is 4.79 Å². The van der Waals surface area contributed by atoms with Crippen LogP contribution in [0.4, 0.5) is 0 Å². The molecule has 1 heterocycles. The van der Waals surface area contributed by atoms with E-state index in [9.17, 15) is 4.79 Å². The summed E-state index contributed by atoms with van der Waals surface area (Å²) >= 11 is 5.85.